The van der Waals surface area contributed by atoms with Gasteiger partial charge in [0.15, 0.2) is 0 Å². The molecule has 2 fully saturated rings. The van der Waals surface area contributed by atoms with Gasteiger partial charge >= 0.3 is 0 Å². The molecule has 1 N–H and O–H groups in total. The van der Waals surface area contributed by atoms with E-state index < -0.39 is 15.9 Å². The van der Waals surface area contributed by atoms with Crippen LogP contribution in [0.3, 0.4) is 0 Å². The van der Waals surface area contributed by atoms with E-state index in [0.717, 1.165) is 18.4 Å². The fraction of sp³-hybridized carbons (Fsp3) is 0.440. The summed E-state index contributed by atoms with van der Waals surface area (Å²) in [6, 6.07) is 12.4. The maximum absolute atomic E-state index is 13.0. The number of benzene rings is 2. The van der Waals surface area contributed by atoms with Crippen LogP contribution in [0.2, 0.25) is 0 Å². The number of halogens is 1. The summed E-state index contributed by atoms with van der Waals surface area (Å²) < 4.78 is 40.4. The number of rotatable bonds is 7. The Morgan fingerprint density at radius 3 is 2.47 bits per heavy atom. The molecule has 0 unspecified atom stereocenters. The first-order valence-electron chi connectivity index (χ1n) is 11.7. The van der Waals surface area contributed by atoms with Crippen molar-refractivity contribution in [3.63, 3.8) is 0 Å². The minimum Gasteiger partial charge on any atom is -0.342 e. The van der Waals surface area contributed by atoms with Crippen molar-refractivity contribution >= 4 is 27.5 Å². The number of hydrogen-bond donors (Lipinski definition) is 1. The van der Waals surface area contributed by atoms with Gasteiger partial charge in [0.25, 0.3) is 0 Å². The van der Waals surface area contributed by atoms with Crippen LogP contribution in [0, 0.1) is 17.7 Å². The molecule has 2 aromatic carbocycles. The lowest BCUT2D eigenvalue weighted by atomic mass is 10.0. The number of carbonyl (C=O) groups is 2. The SMILES string of the molecule is C[C@@H]1CCCN(S(=O)(=O)c2ccc(NC(=O)[C@@H]3CC(=O)N(CCc4ccc(F)cc4)C3)cc2)C1. The van der Waals surface area contributed by atoms with Crippen LogP contribution in [0.4, 0.5) is 10.1 Å². The smallest absolute Gasteiger partial charge is 0.243 e. The summed E-state index contributed by atoms with van der Waals surface area (Å²) in [7, 11) is -3.55. The maximum Gasteiger partial charge on any atom is 0.243 e. The third-order valence-corrected chi connectivity index (χ3v) is 8.43. The Labute approximate surface area is 200 Å². The number of carbonyl (C=O) groups excluding carboxylic acids is 2. The molecule has 182 valence electrons. The molecule has 2 saturated heterocycles. The van der Waals surface area contributed by atoms with Crippen molar-refractivity contribution < 1.29 is 22.4 Å². The van der Waals surface area contributed by atoms with E-state index in [1.807, 2.05) is 0 Å². The maximum atomic E-state index is 13.0. The highest BCUT2D eigenvalue weighted by molar-refractivity contribution is 7.89. The number of amides is 2. The molecule has 7 nitrogen and oxygen atoms in total. The number of anilines is 1. The van der Waals surface area contributed by atoms with Crippen molar-refractivity contribution in [2.45, 2.75) is 37.5 Å². The average molecular weight is 488 g/mol. The second-order valence-electron chi connectivity index (χ2n) is 9.24. The van der Waals surface area contributed by atoms with E-state index in [0.29, 0.717) is 44.2 Å². The fourth-order valence-corrected chi connectivity index (χ4v) is 6.15. The van der Waals surface area contributed by atoms with Crippen LogP contribution in [0.15, 0.2) is 53.4 Å². The molecule has 0 aromatic heterocycles. The molecular formula is C25H30FN3O4S. The van der Waals surface area contributed by atoms with Gasteiger partial charge in [0.2, 0.25) is 21.8 Å². The van der Waals surface area contributed by atoms with Gasteiger partial charge in [-0.1, -0.05) is 19.1 Å². The predicted molar refractivity (Wildman–Crippen MR) is 127 cm³/mol. The molecule has 2 aliphatic rings. The lowest BCUT2D eigenvalue weighted by Gasteiger charge is -2.30. The number of nitrogens with one attached hydrogen (secondary N) is 1. The standard InChI is InChI=1S/C25H30FN3O4S/c1-18-3-2-13-29(16-18)34(32,33)23-10-8-22(9-11-23)27-25(31)20-15-24(30)28(17-20)14-12-19-4-6-21(26)7-5-19/h4-11,18,20H,2-3,12-17H2,1H3,(H,27,31)/t18-,20-/m1/s1. The Morgan fingerprint density at radius 1 is 1.09 bits per heavy atom. The van der Waals surface area contributed by atoms with Crippen LogP contribution in [-0.2, 0) is 26.0 Å². The van der Waals surface area contributed by atoms with Crippen LogP contribution >= 0.6 is 0 Å². The third-order valence-electron chi connectivity index (χ3n) is 6.55. The summed E-state index contributed by atoms with van der Waals surface area (Å²) >= 11 is 0. The molecule has 4 rings (SSSR count). The fourth-order valence-electron chi connectivity index (χ4n) is 4.55. The molecule has 0 saturated carbocycles. The van der Waals surface area contributed by atoms with Gasteiger partial charge < -0.3 is 10.2 Å². The van der Waals surface area contributed by atoms with Gasteiger partial charge in [-0.2, -0.15) is 4.31 Å². The molecule has 2 atom stereocenters. The van der Waals surface area contributed by atoms with Crippen molar-refractivity contribution in [1.29, 1.82) is 0 Å². The molecule has 0 aliphatic carbocycles. The van der Waals surface area contributed by atoms with Gasteiger partial charge in [0.05, 0.1) is 10.8 Å². The predicted octanol–water partition coefficient (Wildman–Crippen LogP) is 3.28. The molecule has 9 heteroatoms. The first kappa shape index (κ1) is 24.3. The van der Waals surface area contributed by atoms with E-state index >= 15 is 0 Å². The zero-order valence-corrected chi connectivity index (χ0v) is 20.1. The third kappa shape index (κ3) is 5.64. The number of sulfonamides is 1. The molecule has 2 aliphatic heterocycles. The number of nitrogens with zero attached hydrogens (tertiary/aromatic N) is 2. The van der Waals surface area contributed by atoms with Crippen LogP contribution in [0.1, 0.15) is 31.7 Å². The van der Waals surface area contributed by atoms with Crippen molar-refractivity contribution in [3.8, 4) is 0 Å². The Bertz CT molecular complexity index is 1140. The van der Waals surface area contributed by atoms with Crippen LogP contribution in [-0.4, -0.2) is 55.6 Å². The van der Waals surface area contributed by atoms with E-state index in [1.54, 1.807) is 29.2 Å². The Balaban J connectivity index is 1.32. The van der Waals surface area contributed by atoms with Gasteiger partial charge in [-0.05, 0) is 67.1 Å². The zero-order valence-electron chi connectivity index (χ0n) is 19.2. The van der Waals surface area contributed by atoms with Gasteiger partial charge in [0, 0.05) is 38.3 Å². The quantitative estimate of drug-likeness (QED) is 0.650. The molecule has 2 heterocycles. The van der Waals surface area contributed by atoms with E-state index in [4.69, 9.17) is 0 Å². The normalized spacial score (nSPS) is 21.6. The first-order valence-corrected chi connectivity index (χ1v) is 13.1. The molecular weight excluding hydrogens is 457 g/mol. The van der Waals surface area contributed by atoms with Crippen molar-refractivity contribution in [3.05, 3.63) is 59.9 Å². The van der Waals surface area contributed by atoms with Crippen molar-refractivity contribution in [2.75, 3.05) is 31.5 Å². The minimum absolute atomic E-state index is 0.0838. The molecule has 2 aromatic rings. The first-order chi connectivity index (χ1) is 16.2. The van der Waals surface area contributed by atoms with Crippen LogP contribution < -0.4 is 5.32 Å². The van der Waals surface area contributed by atoms with E-state index in [9.17, 15) is 22.4 Å². The summed E-state index contributed by atoms with van der Waals surface area (Å²) in [5.41, 5.74) is 1.42. The highest BCUT2D eigenvalue weighted by Crippen LogP contribution is 2.25. The Kier molecular flexibility index (Phi) is 7.33. The summed E-state index contributed by atoms with van der Waals surface area (Å²) in [6.07, 6.45) is 2.61. The van der Waals surface area contributed by atoms with Crippen molar-refractivity contribution in [2.24, 2.45) is 11.8 Å². The summed E-state index contributed by atoms with van der Waals surface area (Å²) in [5, 5.41) is 2.80. The largest absolute Gasteiger partial charge is 0.342 e. The minimum atomic E-state index is -3.55. The average Bonchev–Trinajstić information content (AvgIpc) is 3.20. The highest BCUT2D eigenvalue weighted by atomic mass is 32.2. The summed E-state index contributed by atoms with van der Waals surface area (Å²) in [4.78, 5) is 27.0. The molecule has 2 amide bonds. The van der Waals surface area contributed by atoms with Gasteiger partial charge in [-0.25, -0.2) is 12.8 Å². The van der Waals surface area contributed by atoms with E-state index in [1.165, 1.54) is 28.6 Å². The number of likely N-dealkylation sites (tertiary alicyclic amines) is 1. The molecule has 34 heavy (non-hydrogen) atoms. The highest BCUT2D eigenvalue weighted by Gasteiger charge is 2.34. The van der Waals surface area contributed by atoms with Crippen LogP contribution in [0.25, 0.3) is 0 Å². The molecule has 0 spiro atoms. The lowest BCUT2D eigenvalue weighted by molar-refractivity contribution is -0.128. The molecule has 0 radical (unpaired) electrons. The lowest BCUT2D eigenvalue weighted by Crippen LogP contribution is -2.39. The van der Waals surface area contributed by atoms with Gasteiger partial charge in [0.1, 0.15) is 5.82 Å². The van der Waals surface area contributed by atoms with Crippen molar-refractivity contribution in [1.82, 2.24) is 9.21 Å². The topological polar surface area (TPSA) is 86.8 Å². The molecule has 0 bridgehead atoms. The second-order valence-corrected chi connectivity index (χ2v) is 11.2. The van der Waals surface area contributed by atoms with E-state index in [-0.39, 0.29) is 28.9 Å². The van der Waals surface area contributed by atoms with E-state index in [2.05, 4.69) is 12.2 Å². The number of piperidine rings is 1. The monoisotopic (exact) mass is 487 g/mol. The Hall–Kier alpha value is -2.78. The van der Waals surface area contributed by atoms with Gasteiger partial charge in [-0.3, -0.25) is 9.59 Å². The number of hydrogen-bond acceptors (Lipinski definition) is 4. The summed E-state index contributed by atoms with van der Waals surface area (Å²) in [5.74, 6) is -0.785. The zero-order chi connectivity index (χ0) is 24.3. The van der Waals surface area contributed by atoms with Gasteiger partial charge in [-0.15, -0.1) is 0 Å². The summed E-state index contributed by atoms with van der Waals surface area (Å²) in [6.45, 7) is 3.89. The van der Waals surface area contributed by atoms with Crippen LogP contribution in [0.5, 0.6) is 0 Å². The Morgan fingerprint density at radius 2 is 1.79 bits per heavy atom. The second kappa shape index (κ2) is 10.2.